The molecule has 1 N–H and O–H groups in total. The predicted molar refractivity (Wildman–Crippen MR) is 76.9 cm³/mol. The first-order valence-corrected chi connectivity index (χ1v) is 7.48. The summed E-state index contributed by atoms with van der Waals surface area (Å²) < 4.78 is 5.61. The number of fused-ring (bicyclic) bond motifs is 5. The van der Waals surface area contributed by atoms with Crippen molar-refractivity contribution in [2.45, 2.75) is 25.0 Å². The van der Waals surface area contributed by atoms with E-state index in [1.807, 2.05) is 30.4 Å². The van der Waals surface area contributed by atoms with Crippen molar-refractivity contribution < 1.29 is 9.53 Å². The molecule has 3 aliphatic rings. The second-order valence-corrected chi connectivity index (χ2v) is 6.13. The minimum absolute atomic E-state index is 0.189. The molecule has 104 valence electrons. The van der Waals surface area contributed by atoms with Crippen LogP contribution in [-0.4, -0.2) is 24.7 Å². The van der Waals surface area contributed by atoms with Gasteiger partial charge in [0.1, 0.15) is 0 Å². The third kappa shape index (κ3) is 2.06. The molecule has 20 heavy (non-hydrogen) atoms. The van der Waals surface area contributed by atoms with E-state index < -0.39 is 0 Å². The number of ether oxygens (including phenoxy) is 1. The van der Waals surface area contributed by atoms with Gasteiger partial charge < -0.3 is 10.1 Å². The minimum Gasteiger partial charge on any atom is -0.369 e. The molecule has 0 aromatic heterocycles. The Morgan fingerprint density at radius 3 is 2.85 bits per heavy atom. The topological polar surface area (TPSA) is 41.6 Å². The van der Waals surface area contributed by atoms with E-state index >= 15 is 0 Å². The number of rotatable bonds is 4. The SMILES string of the molecule is O=C(NC/C=C/c1ccccc1)C1CC2CC1C1OC21. The number of epoxide rings is 1. The van der Waals surface area contributed by atoms with Crippen molar-refractivity contribution in [1.29, 1.82) is 0 Å². The maximum absolute atomic E-state index is 12.2. The first-order chi connectivity index (χ1) is 9.83. The number of hydrogen-bond donors (Lipinski definition) is 1. The van der Waals surface area contributed by atoms with E-state index in [-0.39, 0.29) is 11.8 Å². The van der Waals surface area contributed by atoms with Crippen LogP contribution in [0.5, 0.6) is 0 Å². The van der Waals surface area contributed by atoms with Gasteiger partial charge in [-0.3, -0.25) is 4.79 Å². The number of benzene rings is 1. The Morgan fingerprint density at radius 2 is 2.10 bits per heavy atom. The van der Waals surface area contributed by atoms with Crippen LogP contribution in [-0.2, 0) is 9.53 Å². The van der Waals surface area contributed by atoms with E-state index in [4.69, 9.17) is 4.74 Å². The largest absolute Gasteiger partial charge is 0.369 e. The van der Waals surface area contributed by atoms with Crippen LogP contribution in [0.1, 0.15) is 18.4 Å². The summed E-state index contributed by atoms with van der Waals surface area (Å²) >= 11 is 0. The van der Waals surface area contributed by atoms with E-state index in [1.165, 1.54) is 6.42 Å². The van der Waals surface area contributed by atoms with Crippen molar-refractivity contribution in [3.8, 4) is 0 Å². The summed E-state index contributed by atoms with van der Waals surface area (Å²) in [4.78, 5) is 12.2. The average Bonchev–Trinajstić information content (AvgIpc) is 3.09. The smallest absolute Gasteiger partial charge is 0.223 e. The fraction of sp³-hybridized carbons (Fsp3) is 0.471. The molecular formula is C17H19NO2. The normalized spacial score (nSPS) is 37.1. The molecule has 0 spiro atoms. The lowest BCUT2D eigenvalue weighted by Gasteiger charge is -2.18. The second-order valence-electron chi connectivity index (χ2n) is 6.13. The Hall–Kier alpha value is -1.61. The van der Waals surface area contributed by atoms with E-state index in [0.29, 0.717) is 30.6 Å². The molecule has 1 aromatic carbocycles. The first kappa shape index (κ1) is 12.2. The van der Waals surface area contributed by atoms with E-state index in [9.17, 15) is 4.79 Å². The Kier molecular flexibility index (Phi) is 2.88. The van der Waals surface area contributed by atoms with Crippen molar-refractivity contribution in [1.82, 2.24) is 5.32 Å². The lowest BCUT2D eigenvalue weighted by Crippen LogP contribution is -2.35. The molecule has 1 heterocycles. The Morgan fingerprint density at radius 1 is 1.25 bits per heavy atom. The summed E-state index contributed by atoms with van der Waals surface area (Å²) in [6.45, 7) is 0.608. The fourth-order valence-corrected chi connectivity index (χ4v) is 3.95. The summed E-state index contributed by atoms with van der Waals surface area (Å²) in [5.41, 5.74) is 1.16. The number of amides is 1. The highest BCUT2D eigenvalue weighted by Gasteiger charge is 2.64. The maximum Gasteiger partial charge on any atom is 0.223 e. The van der Waals surface area contributed by atoms with Gasteiger partial charge in [0.05, 0.1) is 12.2 Å². The monoisotopic (exact) mass is 269 g/mol. The zero-order chi connectivity index (χ0) is 13.5. The van der Waals surface area contributed by atoms with Gasteiger partial charge >= 0.3 is 0 Å². The number of nitrogens with one attached hydrogen (secondary N) is 1. The Bertz CT molecular complexity index is 539. The third-order valence-corrected chi connectivity index (χ3v) is 4.94. The predicted octanol–water partition coefficient (Wildman–Crippen LogP) is 2.24. The fourth-order valence-electron chi connectivity index (χ4n) is 3.95. The molecule has 4 rings (SSSR count). The lowest BCUT2D eigenvalue weighted by atomic mass is 9.88. The molecule has 5 unspecified atom stereocenters. The van der Waals surface area contributed by atoms with Crippen molar-refractivity contribution in [3.63, 3.8) is 0 Å². The van der Waals surface area contributed by atoms with Gasteiger partial charge in [-0.1, -0.05) is 42.5 Å². The highest BCUT2D eigenvalue weighted by atomic mass is 16.6. The summed E-state index contributed by atoms with van der Waals surface area (Å²) in [6, 6.07) is 10.1. The molecule has 3 heteroatoms. The van der Waals surface area contributed by atoms with Gasteiger partial charge in [0, 0.05) is 12.5 Å². The maximum atomic E-state index is 12.2. The third-order valence-electron chi connectivity index (χ3n) is 4.94. The summed E-state index contributed by atoms with van der Waals surface area (Å²) in [6.07, 6.45) is 7.19. The van der Waals surface area contributed by atoms with Gasteiger partial charge in [0.2, 0.25) is 5.91 Å². The lowest BCUT2D eigenvalue weighted by molar-refractivity contribution is -0.126. The van der Waals surface area contributed by atoms with Gasteiger partial charge in [-0.05, 0) is 30.2 Å². The van der Waals surface area contributed by atoms with Crippen LogP contribution in [0.2, 0.25) is 0 Å². The summed E-state index contributed by atoms with van der Waals surface area (Å²) in [7, 11) is 0. The quantitative estimate of drug-likeness (QED) is 0.852. The highest BCUT2D eigenvalue weighted by Crippen LogP contribution is 2.58. The van der Waals surface area contributed by atoms with Crippen LogP contribution < -0.4 is 5.32 Å². The number of hydrogen-bond acceptors (Lipinski definition) is 2. The summed E-state index contributed by atoms with van der Waals surface area (Å²) in [5.74, 6) is 1.54. The highest BCUT2D eigenvalue weighted by molar-refractivity contribution is 5.80. The van der Waals surface area contributed by atoms with E-state index in [0.717, 1.165) is 12.0 Å². The molecule has 1 saturated heterocycles. The van der Waals surface area contributed by atoms with Crippen LogP contribution in [0.15, 0.2) is 36.4 Å². The van der Waals surface area contributed by atoms with Crippen LogP contribution in [0.3, 0.4) is 0 Å². The van der Waals surface area contributed by atoms with Crippen molar-refractivity contribution >= 4 is 12.0 Å². The van der Waals surface area contributed by atoms with E-state index in [2.05, 4.69) is 17.4 Å². The zero-order valence-electron chi connectivity index (χ0n) is 11.4. The van der Waals surface area contributed by atoms with Crippen LogP contribution in [0.4, 0.5) is 0 Å². The summed E-state index contributed by atoms with van der Waals surface area (Å²) in [5, 5.41) is 3.04. The molecule has 1 aromatic rings. The van der Waals surface area contributed by atoms with E-state index in [1.54, 1.807) is 0 Å². The van der Waals surface area contributed by atoms with Gasteiger partial charge in [-0.15, -0.1) is 0 Å². The minimum atomic E-state index is 0.189. The molecule has 2 aliphatic carbocycles. The van der Waals surface area contributed by atoms with Crippen LogP contribution in [0, 0.1) is 17.8 Å². The Balaban J connectivity index is 1.28. The molecule has 2 bridgehead atoms. The molecule has 5 atom stereocenters. The number of carbonyl (C=O) groups excluding carboxylic acids is 1. The molecule has 3 nitrogen and oxygen atoms in total. The average molecular weight is 269 g/mol. The molecule has 2 saturated carbocycles. The number of carbonyl (C=O) groups is 1. The zero-order valence-corrected chi connectivity index (χ0v) is 11.4. The standard InChI is InChI=1S/C17H19NO2/c19-17(14-10-12-9-13(14)16-15(12)20-16)18-8-4-7-11-5-2-1-3-6-11/h1-7,12-16H,8-10H2,(H,18,19)/b7-4+. The Labute approximate surface area is 119 Å². The van der Waals surface area contributed by atoms with Crippen molar-refractivity contribution in [2.75, 3.05) is 6.54 Å². The molecular weight excluding hydrogens is 250 g/mol. The molecule has 0 radical (unpaired) electrons. The molecule has 3 fully saturated rings. The van der Waals surface area contributed by atoms with Gasteiger partial charge in [-0.2, -0.15) is 0 Å². The van der Waals surface area contributed by atoms with Gasteiger partial charge in [0.25, 0.3) is 0 Å². The van der Waals surface area contributed by atoms with Crippen LogP contribution >= 0.6 is 0 Å². The van der Waals surface area contributed by atoms with Crippen LogP contribution in [0.25, 0.3) is 6.08 Å². The second kappa shape index (κ2) is 4.74. The van der Waals surface area contributed by atoms with Crippen molar-refractivity contribution in [2.24, 2.45) is 17.8 Å². The first-order valence-electron chi connectivity index (χ1n) is 7.48. The molecule has 1 aliphatic heterocycles. The van der Waals surface area contributed by atoms with Crippen molar-refractivity contribution in [3.05, 3.63) is 42.0 Å². The van der Waals surface area contributed by atoms with Gasteiger partial charge in [0.15, 0.2) is 0 Å². The molecule has 1 amide bonds. The van der Waals surface area contributed by atoms with Gasteiger partial charge in [-0.25, -0.2) is 0 Å².